The molecule has 0 spiro atoms. The Bertz CT molecular complexity index is 1360. The van der Waals surface area contributed by atoms with Crippen molar-refractivity contribution in [1.29, 1.82) is 0 Å². The number of nitrogens with zero attached hydrogens (tertiary/aromatic N) is 6. The van der Waals surface area contributed by atoms with E-state index in [4.69, 9.17) is 4.52 Å². The maximum Gasteiger partial charge on any atom is 0.442 e. The summed E-state index contributed by atoms with van der Waals surface area (Å²) in [6.07, 6.45) is 4.84. The van der Waals surface area contributed by atoms with Crippen LogP contribution in [0.3, 0.4) is 0 Å². The minimum atomic E-state index is -0.645. The lowest BCUT2D eigenvalue weighted by Crippen LogP contribution is -2.31. The zero-order valence-electron chi connectivity index (χ0n) is 16.7. The first kappa shape index (κ1) is 19.6. The Labute approximate surface area is 169 Å². The molecule has 0 aromatic carbocycles. The van der Waals surface area contributed by atoms with Gasteiger partial charge >= 0.3 is 11.4 Å². The number of nitrogens with one attached hydrogen (secondary N) is 1. The van der Waals surface area contributed by atoms with Crippen molar-refractivity contribution in [3.8, 4) is 11.4 Å². The number of aryl methyl sites for hydroxylation is 2. The summed E-state index contributed by atoms with van der Waals surface area (Å²) >= 11 is 0. The van der Waals surface area contributed by atoms with E-state index in [1.807, 2.05) is 13.8 Å². The van der Waals surface area contributed by atoms with Gasteiger partial charge in [0, 0.05) is 31.0 Å². The van der Waals surface area contributed by atoms with Crippen LogP contribution in [0.5, 0.6) is 0 Å². The maximum atomic E-state index is 12.5. The molecule has 1 N–H and O–H groups in total. The molecular weight excluding hydrogens is 390 g/mol. The van der Waals surface area contributed by atoms with Gasteiger partial charge in [-0.15, -0.1) is 0 Å². The highest BCUT2D eigenvalue weighted by Gasteiger charge is 2.21. The molecule has 11 heteroatoms. The van der Waals surface area contributed by atoms with Gasteiger partial charge in [-0.1, -0.05) is 18.5 Å². The highest BCUT2D eigenvalue weighted by atomic mass is 16.5. The summed E-state index contributed by atoms with van der Waals surface area (Å²) in [5.74, 6) is 0.137. The summed E-state index contributed by atoms with van der Waals surface area (Å²) in [6, 6.07) is 3.42. The number of rotatable bonds is 7. The van der Waals surface area contributed by atoms with Crippen LogP contribution in [0.2, 0.25) is 0 Å². The molecule has 0 saturated heterocycles. The lowest BCUT2D eigenvalue weighted by molar-refractivity contribution is 0.377. The fourth-order valence-corrected chi connectivity index (χ4v) is 3.46. The van der Waals surface area contributed by atoms with Gasteiger partial charge in [-0.3, -0.25) is 23.9 Å². The molecule has 4 aromatic rings. The van der Waals surface area contributed by atoms with E-state index in [0.29, 0.717) is 41.5 Å². The second-order valence-electron chi connectivity index (χ2n) is 6.80. The number of aromatic amines is 1. The van der Waals surface area contributed by atoms with E-state index in [2.05, 4.69) is 20.1 Å². The van der Waals surface area contributed by atoms with Gasteiger partial charge in [0.2, 0.25) is 0 Å². The lowest BCUT2D eigenvalue weighted by atomic mass is 10.2. The van der Waals surface area contributed by atoms with E-state index in [-0.39, 0.29) is 6.54 Å². The molecule has 156 valence electrons. The Morgan fingerprint density at radius 3 is 2.53 bits per heavy atom. The van der Waals surface area contributed by atoms with Crippen molar-refractivity contribution in [2.45, 2.75) is 46.3 Å². The Kier molecular flexibility index (Phi) is 5.17. The van der Waals surface area contributed by atoms with Crippen LogP contribution in [-0.4, -0.2) is 33.8 Å². The molecule has 4 heterocycles. The molecule has 30 heavy (non-hydrogen) atoms. The van der Waals surface area contributed by atoms with Gasteiger partial charge in [0.15, 0.2) is 17.0 Å². The second-order valence-corrected chi connectivity index (χ2v) is 6.80. The van der Waals surface area contributed by atoms with Crippen molar-refractivity contribution < 1.29 is 4.52 Å². The monoisotopic (exact) mass is 411 g/mol. The summed E-state index contributed by atoms with van der Waals surface area (Å²) in [5.41, 5.74) is 0.276. The third-order valence-electron chi connectivity index (χ3n) is 4.94. The minimum Gasteiger partial charge on any atom is -0.321 e. The summed E-state index contributed by atoms with van der Waals surface area (Å²) in [5, 5.41) is 3.87. The predicted octanol–water partition coefficient (Wildman–Crippen LogP) is 0.966. The van der Waals surface area contributed by atoms with Gasteiger partial charge < -0.3 is 4.57 Å². The number of pyridine rings is 1. The molecule has 0 fully saturated rings. The standard InChI is InChI=1S/C19H21N7O4/c1-3-5-10-25-16-14(17(27)22-18(25)28)24(4-2)13(21-16)11-26-15(23-30-19(26)29)12-6-8-20-9-7-12/h6-9H,3-5,10-11H2,1-2H3,(H,22,27,28). The number of hydrogen-bond donors (Lipinski definition) is 1. The zero-order valence-corrected chi connectivity index (χ0v) is 16.7. The molecule has 11 nitrogen and oxygen atoms in total. The zero-order chi connectivity index (χ0) is 21.3. The van der Waals surface area contributed by atoms with Gasteiger partial charge in [-0.05, 0) is 25.5 Å². The summed E-state index contributed by atoms with van der Waals surface area (Å²) in [7, 11) is 0. The normalized spacial score (nSPS) is 11.4. The number of fused-ring (bicyclic) bond motifs is 1. The fraction of sp³-hybridized carbons (Fsp3) is 0.368. The van der Waals surface area contributed by atoms with E-state index >= 15 is 0 Å². The Balaban J connectivity index is 1.88. The van der Waals surface area contributed by atoms with Crippen LogP contribution in [0.1, 0.15) is 32.5 Å². The summed E-state index contributed by atoms with van der Waals surface area (Å²) < 4.78 is 9.37. The Hall–Kier alpha value is -3.76. The molecule has 0 aliphatic rings. The van der Waals surface area contributed by atoms with E-state index in [1.54, 1.807) is 29.1 Å². The smallest absolute Gasteiger partial charge is 0.321 e. The van der Waals surface area contributed by atoms with Crippen molar-refractivity contribution in [3.05, 3.63) is 61.7 Å². The van der Waals surface area contributed by atoms with Crippen LogP contribution < -0.4 is 17.0 Å². The molecule has 0 amide bonds. The Morgan fingerprint density at radius 2 is 1.83 bits per heavy atom. The number of aromatic nitrogens is 7. The van der Waals surface area contributed by atoms with Gasteiger partial charge in [-0.25, -0.2) is 19.1 Å². The summed E-state index contributed by atoms with van der Waals surface area (Å²) in [4.78, 5) is 48.1. The van der Waals surface area contributed by atoms with E-state index in [0.717, 1.165) is 12.8 Å². The van der Waals surface area contributed by atoms with Crippen LogP contribution >= 0.6 is 0 Å². The lowest BCUT2D eigenvalue weighted by Gasteiger charge is -2.07. The number of imidazole rings is 1. The average molecular weight is 411 g/mol. The van der Waals surface area contributed by atoms with Crippen LogP contribution in [-0.2, 0) is 19.6 Å². The summed E-state index contributed by atoms with van der Waals surface area (Å²) in [6.45, 7) is 4.79. The van der Waals surface area contributed by atoms with Crippen molar-refractivity contribution in [1.82, 2.24) is 33.8 Å². The first-order valence-electron chi connectivity index (χ1n) is 9.74. The van der Waals surface area contributed by atoms with Crippen molar-refractivity contribution in [2.75, 3.05) is 0 Å². The van der Waals surface area contributed by atoms with E-state index in [9.17, 15) is 14.4 Å². The third-order valence-corrected chi connectivity index (χ3v) is 4.94. The topological polar surface area (TPSA) is 134 Å². The van der Waals surface area contributed by atoms with E-state index < -0.39 is 17.0 Å². The first-order chi connectivity index (χ1) is 14.5. The SMILES string of the molecule is CCCCn1c(=O)[nH]c(=O)c2c1nc(Cn1c(-c3ccncc3)noc1=O)n2CC. The van der Waals surface area contributed by atoms with Crippen molar-refractivity contribution in [2.24, 2.45) is 0 Å². The highest BCUT2D eigenvalue weighted by Crippen LogP contribution is 2.17. The molecule has 0 saturated carbocycles. The molecule has 0 radical (unpaired) electrons. The number of unbranched alkanes of at least 4 members (excludes halogenated alkanes) is 1. The fourth-order valence-electron chi connectivity index (χ4n) is 3.46. The second kappa shape index (κ2) is 7.93. The largest absolute Gasteiger partial charge is 0.442 e. The molecule has 0 atom stereocenters. The first-order valence-corrected chi connectivity index (χ1v) is 9.74. The Morgan fingerprint density at radius 1 is 1.07 bits per heavy atom. The van der Waals surface area contributed by atoms with Crippen molar-refractivity contribution >= 4 is 11.2 Å². The molecular formula is C19H21N7O4. The van der Waals surface area contributed by atoms with Gasteiger partial charge in [0.1, 0.15) is 5.82 Å². The molecule has 4 aromatic heterocycles. The van der Waals surface area contributed by atoms with Crippen LogP contribution in [0.15, 0.2) is 43.4 Å². The van der Waals surface area contributed by atoms with Gasteiger partial charge in [-0.2, -0.15) is 0 Å². The molecule has 4 rings (SSSR count). The van der Waals surface area contributed by atoms with Gasteiger partial charge in [0.25, 0.3) is 5.56 Å². The van der Waals surface area contributed by atoms with Gasteiger partial charge in [0.05, 0.1) is 6.54 Å². The van der Waals surface area contributed by atoms with Crippen LogP contribution in [0, 0.1) is 0 Å². The van der Waals surface area contributed by atoms with Crippen LogP contribution in [0.25, 0.3) is 22.6 Å². The minimum absolute atomic E-state index is 0.0317. The van der Waals surface area contributed by atoms with Crippen molar-refractivity contribution in [3.63, 3.8) is 0 Å². The molecule has 0 unspecified atom stereocenters. The van der Waals surface area contributed by atoms with E-state index in [1.165, 1.54) is 9.13 Å². The predicted molar refractivity (Wildman–Crippen MR) is 108 cm³/mol. The third kappa shape index (κ3) is 3.27. The quantitative estimate of drug-likeness (QED) is 0.479. The molecule has 0 bridgehead atoms. The molecule has 0 aliphatic heterocycles. The van der Waals surface area contributed by atoms with Crippen LogP contribution in [0.4, 0.5) is 0 Å². The average Bonchev–Trinajstić information content (AvgIpc) is 3.29. The number of hydrogen-bond acceptors (Lipinski definition) is 7. The molecule has 0 aliphatic carbocycles. The number of H-pyrrole nitrogens is 1. The maximum absolute atomic E-state index is 12.5. The highest BCUT2D eigenvalue weighted by molar-refractivity contribution is 5.71.